The molecule has 1 atom stereocenters. The number of aryl methyl sites for hydroxylation is 1. The maximum Gasteiger partial charge on any atom is 0.290 e. The van der Waals surface area contributed by atoms with E-state index < -0.39 is 38.3 Å². The molecule has 1 amide bonds. The summed E-state index contributed by atoms with van der Waals surface area (Å²) in [5.41, 5.74) is 1.86. The molecule has 0 aliphatic carbocycles. The van der Waals surface area contributed by atoms with Gasteiger partial charge in [-0.05, 0) is 54.4 Å². The van der Waals surface area contributed by atoms with E-state index in [-0.39, 0.29) is 18.2 Å². The van der Waals surface area contributed by atoms with Crippen LogP contribution in [0.4, 0.5) is 4.39 Å². The SMILES string of the molecule is Cc1ccc(S(=O)(=O)C2=C(O)C(=O)N(Cc3ccc4c(c3)OCO4)[C@H]2c2ccc(F)cc2)cc1. The average molecular weight is 482 g/mol. The smallest absolute Gasteiger partial charge is 0.290 e. The largest absolute Gasteiger partial charge is 0.502 e. The number of sulfone groups is 1. The van der Waals surface area contributed by atoms with Gasteiger partial charge < -0.3 is 19.5 Å². The fraction of sp³-hybridized carbons (Fsp3) is 0.160. The first kappa shape index (κ1) is 22.0. The number of benzene rings is 3. The Labute approximate surface area is 195 Å². The highest BCUT2D eigenvalue weighted by atomic mass is 32.2. The van der Waals surface area contributed by atoms with Gasteiger partial charge in [-0.25, -0.2) is 12.8 Å². The van der Waals surface area contributed by atoms with E-state index in [0.717, 1.165) is 5.56 Å². The van der Waals surface area contributed by atoms with Crippen molar-refractivity contribution >= 4 is 15.7 Å². The van der Waals surface area contributed by atoms with E-state index in [9.17, 15) is 22.7 Å². The molecule has 0 spiro atoms. The molecule has 0 unspecified atom stereocenters. The summed E-state index contributed by atoms with van der Waals surface area (Å²) in [5.74, 6) is -1.12. The molecular formula is C25H20FNO6S. The lowest BCUT2D eigenvalue weighted by molar-refractivity contribution is -0.130. The molecule has 1 N–H and O–H groups in total. The minimum atomic E-state index is -4.25. The zero-order chi connectivity index (χ0) is 24.0. The van der Waals surface area contributed by atoms with E-state index in [1.807, 2.05) is 6.92 Å². The predicted octanol–water partition coefficient (Wildman–Crippen LogP) is 4.19. The van der Waals surface area contributed by atoms with Crippen LogP contribution >= 0.6 is 0 Å². The molecule has 0 fully saturated rings. The Bertz CT molecular complexity index is 1410. The van der Waals surface area contributed by atoms with Crippen molar-refractivity contribution in [1.29, 1.82) is 0 Å². The third-order valence-electron chi connectivity index (χ3n) is 5.85. The number of ether oxygens (including phenoxy) is 2. The quantitative estimate of drug-likeness (QED) is 0.588. The Morgan fingerprint density at radius 2 is 1.68 bits per heavy atom. The van der Waals surface area contributed by atoms with Gasteiger partial charge in [-0.15, -0.1) is 0 Å². The molecule has 0 saturated carbocycles. The van der Waals surface area contributed by atoms with Crippen LogP contribution in [0.2, 0.25) is 0 Å². The molecule has 2 aliphatic heterocycles. The van der Waals surface area contributed by atoms with Gasteiger partial charge in [-0.1, -0.05) is 35.9 Å². The van der Waals surface area contributed by atoms with Gasteiger partial charge in [0.15, 0.2) is 17.3 Å². The van der Waals surface area contributed by atoms with Gasteiger partial charge in [0.2, 0.25) is 16.6 Å². The van der Waals surface area contributed by atoms with Crippen LogP contribution in [0.25, 0.3) is 0 Å². The number of rotatable bonds is 5. The fourth-order valence-corrected chi connectivity index (χ4v) is 5.77. The number of amides is 1. The van der Waals surface area contributed by atoms with E-state index in [0.29, 0.717) is 22.6 Å². The first-order valence-corrected chi connectivity index (χ1v) is 11.9. The minimum Gasteiger partial charge on any atom is -0.502 e. The van der Waals surface area contributed by atoms with Gasteiger partial charge >= 0.3 is 0 Å². The summed E-state index contributed by atoms with van der Waals surface area (Å²) in [4.78, 5) is 13.9. The second-order valence-electron chi connectivity index (χ2n) is 8.10. The third-order valence-corrected chi connectivity index (χ3v) is 7.74. The van der Waals surface area contributed by atoms with Crippen LogP contribution in [0, 0.1) is 12.7 Å². The number of carbonyl (C=O) groups is 1. The number of carbonyl (C=O) groups excluding carboxylic acids is 1. The average Bonchev–Trinajstić information content (AvgIpc) is 3.38. The van der Waals surface area contributed by atoms with Crippen molar-refractivity contribution in [2.24, 2.45) is 0 Å². The lowest BCUT2D eigenvalue weighted by Crippen LogP contribution is -2.30. The monoisotopic (exact) mass is 481 g/mol. The Morgan fingerprint density at radius 1 is 1.00 bits per heavy atom. The topological polar surface area (TPSA) is 93.1 Å². The van der Waals surface area contributed by atoms with Gasteiger partial charge in [0.1, 0.15) is 10.7 Å². The summed E-state index contributed by atoms with van der Waals surface area (Å²) < 4.78 is 51.6. The normalized spacial score (nSPS) is 17.5. The van der Waals surface area contributed by atoms with Gasteiger partial charge in [-0.3, -0.25) is 4.79 Å². The Hall–Kier alpha value is -3.85. The minimum absolute atomic E-state index is 0.0194. The van der Waals surface area contributed by atoms with Gasteiger partial charge in [-0.2, -0.15) is 0 Å². The molecular weight excluding hydrogens is 461 g/mol. The summed E-state index contributed by atoms with van der Waals surface area (Å²) in [5, 5.41) is 10.8. The van der Waals surface area contributed by atoms with E-state index in [1.165, 1.54) is 41.3 Å². The predicted molar refractivity (Wildman–Crippen MR) is 120 cm³/mol. The van der Waals surface area contributed by atoms with Crippen LogP contribution < -0.4 is 9.47 Å². The molecule has 2 aliphatic rings. The molecule has 9 heteroatoms. The highest BCUT2D eigenvalue weighted by Crippen LogP contribution is 2.44. The van der Waals surface area contributed by atoms with E-state index >= 15 is 0 Å². The second kappa shape index (κ2) is 8.18. The van der Waals surface area contributed by atoms with Crippen molar-refractivity contribution in [3.63, 3.8) is 0 Å². The second-order valence-corrected chi connectivity index (χ2v) is 10.0. The van der Waals surface area contributed by atoms with Crippen LogP contribution in [-0.4, -0.2) is 31.1 Å². The molecule has 34 heavy (non-hydrogen) atoms. The standard InChI is InChI=1S/C25H20FNO6S/c1-15-2-9-19(10-3-15)34(30,31)24-22(17-5-7-18(26)8-6-17)27(25(29)23(24)28)13-16-4-11-20-21(12-16)33-14-32-20/h2-12,22,28H,13-14H2,1H3/t22-/m0/s1. The Kier molecular flexibility index (Phi) is 5.28. The molecule has 7 nitrogen and oxygen atoms in total. The number of fused-ring (bicyclic) bond motifs is 1. The van der Waals surface area contributed by atoms with E-state index in [4.69, 9.17) is 9.47 Å². The van der Waals surface area contributed by atoms with E-state index in [2.05, 4.69) is 0 Å². The number of nitrogens with zero attached hydrogens (tertiary/aromatic N) is 1. The molecule has 3 aromatic rings. The van der Waals surface area contributed by atoms with Gasteiger partial charge in [0.25, 0.3) is 5.91 Å². The molecule has 5 rings (SSSR count). The van der Waals surface area contributed by atoms with Gasteiger partial charge in [0, 0.05) is 6.54 Å². The van der Waals surface area contributed by atoms with Crippen LogP contribution in [0.5, 0.6) is 11.5 Å². The summed E-state index contributed by atoms with van der Waals surface area (Å²) >= 11 is 0. The molecule has 174 valence electrons. The van der Waals surface area contributed by atoms with Crippen molar-refractivity contribution in [1.82, 2.24) is 4.90 Å². The molecule has 0 saturated heterocycles. The third kappa shape index (κ3) is 3.67. The van der Waals surface area contributed by atoms with Crippen LogP contribution in [0.3, 0.4) is 0 Å². The van der Waals surface area contributed by atoms with Crippen molar-refractivity contribution in [2.75, 3.05) is 6.79 Å². The first-order valence-electron chi connectivity index (χ1n) is 10.5. The zero-order valence-corrected chi connectivity index (χ0v) is 18.9. The van der Waals surface area contributed by atoms with Gasteiger partial charge in [0.05, 0.1) is 10.9 Å². The van der Waals surface area contributed by atoms with E-state index in [1.54, 1.807) is 30.3 Å². The summed E-state index contributed by atoms with van der Waals surface area (Å²) in [7, 11) is -4.25. The Balaban J connectivity index is 1.60. The summed E-state index contributed by atoms with van der Waals surface area (Å²) in [6.45, 7) is 1.88. The molecule has 0 aromatic heterocycles. The fourth-order valence-electron chi connectivity index (χ4n) is 4.12. The summed E-state index contributed by atoms with van der Waals surface area (Å²) in [6.07, 6.45) is 0. The summed E-state index contributed by atoms with van der Waals surface area (Å²) in [6, 6.07) is 15.3. The number of aliphatic hydroxyl groups excluding tert-OH is 1. The zero-order valence-electron chi connectivity index (χ0n) is 18.1. The number of hydrogen-bond acceptors (Lipinski definition) is 6. The van der Waals surface area contributed by atoms with Crippen molar-refractivity contribution in [2.45, 2.75) is 24.4 Å². The molecule has 0 bridgehead atoms. The van der Waals surface area contributed by atoms with Crippen LogP contribution in [0.15, 0.2) is 82.3 Å². The maximum atomic E-state index is 13.6. The Morgan fingerprint density at radius 3 is 2.38 bits per heavy atom. The lowest BCUT2D eigenvalue weighted by atomic mass is 10.1. The van der Waals surface area contributed by atoms with Crippen molar-refractivity contribution < 1.29 is 32.2 Å². The maximum absolute atomic E-state index is 13.6. The molecule has 2 heterocycles. The van der Waals surface area contributed by atoms with Crippen molar-refractivity contribution in [3.05, 3.63) is 99.9 Å². The lowest BCUT2D eigenvalue weighted by Gasteiger charge is -2.27. The van der Waals surface area contributed by atoms with Crippen LogP contribution in [0.1, 0.15) is 22.7 Å². The highest BCUT2D eigenvalue weighted by molar-refractivity contribution is 7.95. The molecule has 3 aromatic carbocycles. The molecule has 0 radical (unpaired) electrons. The van der Waals surface area contributed by atoms with Crippen molar-refractivity contribution in [3.8, 4) is 11.5 Å². The number of halogens is 1. The first-order chi connectivity index (χ1) is 16.3. The highest BCUT2D eigenvalue weighted by Gasteiger charge is 2.46. The number of hydrogen-bond donors (Lipinski definition) is 1. The van der Waals surface area contributed by atoms with Crippen LogP contribution in [-0.2, 0) is 21.2 Å². The number of aliphatic hydroxyl groups is 1.